The summed E-state index contributed by atoms with van der Waals surface area (Å²) < 4.78 is 1.80. The van der Waals surface area contributed by atoms with Crippen LogP contribution in [-0.4, -0.2) is 30.1 Å². The molecular formula is C22H17N5O. The van der Waals surface area contributed by atoms with Crippen LogP contribution in [0.1, 0.15) is 11.1 Å². The molecule has 0 saturated heterocycles. The number of nitrogens with zero attached hydrogens (tertiary/aromatic N) is 5. The molecule has 0 aliphatic carbocycles. The Kier molecular flexibility index (Phi) is 4.03. The van der Waals surface area contributed by atoms with Gasteiger partial charge in [0.2, 0.25) is 0 Å². The van der Waals surface area contributed by atoms with Crippen LogP contribution >= 0.6 is 0 Å². The minimum absolute atomic E-state index is 0.00362. The second kappa shape index (κ2) is 6.83. The highest BCUT2D eigenvalue weighted by Crippen LogP contribution is 2.22. The smallest absolute Gasteiger partial charge is 0.179 e. The van der Waals surface area contributed by atoms with Gasteiger partial charge in [0.05, 0.1) is 24.4 Å². The predicted octanol–water partition coefficient (Wildman–Crippen LogP) is 3.58. The molecule has 5 rings (SSSR count). The van der Waals surface area contributed by atoms with Gasteiger partial charge in [-0.05, 0) is 35.4 Å². The summed E-state index contributed by atoms with van der Waals surface area (Å²) in [6.45, 7) is 0.543. The fraction of sp³-hybridized carbons (Fsp3) is 0.0909. The molecule has 0 amide bonds. The fourth-order valence-corrected chi connectivity index (χ4v) is 3.41. The van der Waals surface area contributed by atoms with Gasteiger partial charge >= 0.3 is 0 Å². The lowest BCUT2D eigenvalue weighted by Crippen LogP contribution is -2.04. The maximum absolute atomic E-state index is 9.39. The first-order chi connectivity index (χ1) is 13.8. The first-order valence-electron chi connectivity index (χ1n) is 9.05. The third-order valence-corrected chi connectivity index (χ3v) is 4.80. The van der Waals surface area contributed by atoms with E-state index in [4.69, 9.17) is 4.98 Å². The fourth-order valence-electron chi connectivity index (χ4n) is 3.41. The minimum Gasteiger partial charge on any atom is -0.392 e. The van der Waals surface area contributed by atoms with Gasteiger partial charge in [0.1, 0.15) is 5.52 Å². The molecule has 0 aliphatic heterocycles. The third kappa shape index (κ3) is 2.90. The summed E-state index contributed by atoms with van der Waals surface area (Å²) in [7, 11) is 0. The van der Waals surface area contributed by atoms with Gasteiger partial charge in [0.15, 0.2) is 5.65 Å². The van der Waals surface area contributed by atoms with E-state index in [0.717, 1.165) is 44.5 Å². The molecule has 0 spiro atoms. The molecule has 6 nitrogen and oxygen atoms in total. The molecule has 3 aromatic heterocycles. The highest BCUT2D eigenvalue weighted by atomic mass is 16.3. The van der Waals surface area contributed by atoms with Crippen LogP contribution in [0.4, 0.5) is 0 Å². The number of rotatable bonds is 4. The molecule has 0 unspecified atom stereocenters. The van der Waals surface area contributed by atoms with E-state index in [2.05, 4.69) is 33.5 Å². The Balaban J connectivity index is 1.58. The second-order valence-electron chi connectivity index (χ2n) is 6.64. The van der Waals surface area contributed by atoms with Crippen LogP contribution in [-0.2, 0) is 13.2 Å². The first kappa shape index (κ1) is 16.5. The van der Waals surface area contributed by atoms with Gasteiger partial charge in [-0.15, -0.1) is 5.10 Å². The van der Waals surface area contributed by atoms with E-state index in [1.165, 1.54) is 0 Å². The predicted molar refractivity (Wildman–Crippen MR) is 108 cm³/mol. The van der Waals surface area contributed by atoms with Gasteiger partial charge in [-0.25, -0.2) is 9.67 Å². The normalized spacial score (nSPS) is 11.3. The van der Waals surface area contributed by atoms with Crippen LogP contribution in [0.2, 0.25) is 0 Å². The van der Waals surface area contributed by atoms with Crippen molar-refractivity contribution in [2.24, 2.45) is 0 Å². The van der Waals surface area contributed by atoms with E-state index in [9.17, 15) is 5.11 Å². The van der Waals surface area contributed by atoms with E-state index in [1.54, 1.807) is 10.9 Å². The van der Waals surface area contributed by atoms with E-state index in [0.29, 0.717) is 6.54 Å². The standard InChI is InChI=1S/C22H17N5O/c28-14-15-4-1-6-17(12-15)19-9-10-20-22(24-19)27(26-25-20)13-18-7-2-5-16-8-3-11-23-21(16)18/h1-12,28H,13-14H2. The van der Waals surface area contributed by atoms with Crippen LogP contribution in [0.25, 0.3) is 33.3 Å². The van der Waals surface area contributed by atoms with Crippen molar-refractivity contribution in [1.29, 1.82) is 0 Å². The average Bonchev–Trinajstić information content (AvgIpc) is 3.16. The van der Waals surface area contributed by atoms with Crippen molar-refractivity contribution in [3.8, 4) is 11.3 Å². The Morgan fingerprint density at radius 2 is 1.82 bits per heavy atom. The van der Waals surface area contributed by atoms with Crippen molar-refractivity contribution in [3.63, 3.8) is 0 Å². The molecular weight excluding hydrogens is 350 g/mol. The monoisotopic (exact) mass is 367 g/mol. The van der Waals surface area contributed by atoms with Gasteiger partial charge < -0.3 is 5.11 Å². The SMILES string of the molecule is OCc1cccc(-c2ccc3nnn(Cc4cccc5cccnc45)c3n2)c1. The average molecular weight is 367 g/mol. The number of aliphatic hydroxyl groups excluding tert-OH is 1. The number of hydrogen-bond donors (Lipinski definition) is 1. The lowest BCUT2D eigenvalue weighted by molar-refractivity contribution is 0.282. The van der Waals surface area contributed by atoms with Gasteiger partial charge in [0, 0.05) is 17.1 Å². The van der Waals surface area contributed by atoms with Gasteiger partial charge in [0.25, 0.3) is 0 Å². The number of para-hydroxylation sites is 1. The summed E-state index contributed by atoms with van der Waals surface area (Å²) in [6, 6.07) is 21.7. The minimum atomic E-state index is 0.00362. The summed E-state index contributed by atoms with van der Waals surface area (Å²) in [4.78, 5) is 9.31. The quantitative estimate of drug-likeness (QED) is 0.525. The molecule has 1 N–H and O–H groups in total. The van der Waals surface area contributed by atoms with Crippen LogP contribution < -0.4 is 0 Å². The topological polar surface area (TPSA) is 76.7 Å². The van der Waals surface area contributed by atoms with E-state index in [1.807, 2.05) is 48.5 Å². The largest absolute Gasteiger partial charge is 0.392 e. The zero-order valence-corrected chi connectivity index (χ0v) is 15.0. The summed E-state index contributed by atoms with van der Waals surface area (Å²) in [5.74, 6) is 0. The van der Waals surface area contributed by atoms with E-state index in [-0.39, 0.29) is 6.61 Å². The van der Waals surface area contributed by atoms with Crippen molar-refractivity contribution in [1.82, 2.24) is 25.0 Å². The second-order valence-corrected chi connectivity index (χ2v) is 6.64. The molecule has 0 aliphatic rings. The third-order valence-electron chi connectivity index (χ3n) is 4.80. The van der Waals surface area contributed by atoms with Crippen molar-refractivity contribution < 1.29 is 5.11 Å². The molecule has 3 heterocycles. The summed E-state index contributed by atoms with van der Waals surface area (Å²) in [5.41, 5.74) is 6.12. The lowest BCUT2D eigenvalue weighted by Gasteiger charge is -2.07. The number of aliphatic hydroxyl groups is 1. The molecule has 136 valence electrons. The van der Waals surface area contributed by atoms with E-state index >= 15 is 0 Å². The number of benzene rings is 2. The van der Waals surface area contributed by atoms with Crippen molar-refractivity contribution in [3.05, 3.63) is 84.1 Å². The molecule has 2 aromatic carbocycles. The van der Waals surface area contributed by atoms with Crippen LogP contribution in [0, 0.1) is 0 Å². The van der Waals surface area contributed by atoms with Crippen LogP contribution in [0.15, 0.2) is 72.9 Å². The van der Waals surface area contributed by atoms with Crippen molar-refractivity contribution in [2.45, 2.75) is 13.2 Å². The Labute approximate surface area is 161 Å². The van der Waals surface area contributed by atoms with E-state index < -0.39 is 0 Å². The molecule has 0 radical (unpaired) electrons. The summed E-state index contributed by atoms with van der Waals surface area (Å²) >= 11 is 0. The zero-order chi connectivity index (χ0) is 18.9. The Morgan fingerprint density at radius 1 is 0.929 bits per heavy atom. The maximum Gasteiger partial charge on any atom is 0.179 e. The molecule has 0 atom stereocenters. The summed E-state index contributed by atoms with van der Waals surface area (Å²) in [5, 5.41) is 19.0. The molecule has 0 saturated carbocycles. The van der Waals surface area contributed by atoms with Gasteiger partial charge in [-0.2, -0.15) is 0 Å². The van der Waals surface area contributed by atoms with Crippen molar-refractivity contribution >= 4 is 22.1 Å². The molecule has 28 heavy (non-hydrogen) atoms. The number of pyridine rings is 2. The number of aromatic nitrogens is 5. The summed E-state index contributed by atoms with van der Waals surface area (Å²) in [6.07, 6.45) is 1.80. The number of hydrogen-bond acceptors (Lipinski definition) is 5. The first-order valence-corrected chi connectivity index (χ1v) is 9.05. The van der Waals surface area contributed by atoms with Crippen LogP contribution in [0.3, 0.4) is 0 Å². The highest BCUT2D eigenvalue weighted by molar-refractivity contribution is 5.82. The van der Waals surface area contributed by atoms with Gasteiger partial charge in [-0.3, -0.25) is 4.98 Å². The molecule has 5 aromatic rings. The number of fused-ring (bicyclic) bond motifs is 2. The Morgan fingerprint density at radius 3 is 2.75 bits per heavy atom. The highest BCUT2D eigenvalue weighted by Gasteiger charge is 2.11. The molecule has 0 bridgehead atoms. The maximum atomic E-state index is 9.39. The van der Waals surface area contributed by atoms with Crippen molar-refractivity contribution in [2.75, 3.05) is 0 Å². The molecule has 6 heteroatoms. The zero-order valence-electron chi connectivity index (χ0n) is 15.0. The van der Waals surface area contributed by atoms with Crippen LogP contribution in [0.5, 0.6) is 0 Å². The Bertz CT molecular complexity index is 1290. The van der Waals surface area contributed by atoms with Gasteiger partial charge in [-0.1, -0.05) is 47.7 Å². The Hall–Kier alpha value is -3.64. The molecule has 0 fully saturated rings. The lowest BCUT2D eigenvalue weighted by atomic mass is 10.1.